The first-order chi connectivity index (χ1) is 39.1. The summed E-state index contributed by atoms with van der Waals surface area (Å²) < 4.78 is 266. The summed E-state index contributed by atoms with van der Waals surface area (Å²) in [5, 5.41) is -0.780. The number of unbranched alkanes of at least 4 members (excludes halogenated alkanes) is 5. The predicted molar refractivity (Wildman–Crippen MR) is 277 cm³/mol. The van der Waals surface area contributed by atoms with E-state index < -0.39 is 144 Å². The van der Waals surface area contributed by atoms with Crippen molar-refractivity contribution in [1.29, 1.82) is 0 Å². The lowest BCUT2D eigenvalue weighted by Crippen LogP contribution is -2.25. The third-order valence-electron chi connectivity index (χ3n) is 12.8. The monoisotopic (exact) mass is 1220 g/mol. The van der Waals surface area contributed by atoms with Gasteiger partial charge in [0.15, 0.2) is 34.9 Å². The quantitative estimate of drug-likeness (QED) is 0.0456. The second-order valence-electron chi connectivity index (χ2n) is 18.8. The maximum Gasteiger partial charge on any atom is 0.432 e. The number of rotatable bonds is 19. The summed E-state index contributed by atoms with van der Waals surface area (Å²) in [6.45, 7) is 4.11. The first-order valence-electron chi connectivity index (χ1n) is 25.1. The van der Waals surface area contributed by atoms with Gasteiger partial charge >= 0.3 is 12.2 Å². The Bertz CT molecular complexity index is 3560. The molecule has 22 heteroatoms. The molecule has 0 aliphatic rings. The van der Waals surface area contributed by atoms with E-state index in [1.807, 2.05) is 6.92 Å². The molecule has 0 amide bonds. The van der Waals surface area contributed by atoms with Crippen LogP contribution in [-0.2, 0) is 25.1 Å². The number of hydrogen-bond acceptors (Lipinski definition) is 2. The van der Waals surface area contributed by atoms with E-state index in [9.17, 15) is 70.2 Å². The molecule has 0 fully saturated rings. The highest BCUT2D eigenvalue weighted by molar-refractivity contribution is 6.34. The molecule has 0 radical (unpaired) electrons. The van der Waals surface area contributed by atoms with E-state index in [4.69, 9.17) is 23.2 Å². The van der Waals surface area contributed by atoms with Crippen LogP contribution in [0.1, 0.15) is 81.0 Å². The highest BCUT2D eigenvalue weighted by atomic mass is 35.5. The zero-order chi connectivity index (χ0) is 60.8. The van der Waals surface area contributed by atoms with Crippen LogP contribution >= 0.6 is 23.2 Å². The number of benzene rings is 8. The van der Waals surface area contributed by atoms with Crippen molar-refractivity contribution in [2.45, 2.75) is 83.9 Å². The van der Waals surface area contributed by atoms with Gasteiger partial charge in [0.2, 0.25) is 0 Å². The molecule has 8 aromatic rings. The number of aryl methyl sites for hydroxylation is 2. The molecule has 0 unspecified atom stereocenters. The Morgan fingerprint density at radius 2 is 0.651 bits per heavy atom. The van der Waals surface area contributed by atoms with Crippen LogP contribution in [0.2, 0.25) is 10.0 Å². The van der Waals surface area contributed by atoms with Gasteiger partial charge in [-0.3, -0.25) is 0 Å². The van der Waals surface area contributed by atoms with Gasteiger partial charge in [0.25, 0.3) is 0 Å². The zero-order valence-electron chi connectivity index (χ0n) is 43.1. The summed E-state index contributed by atoms with van der Waals surface area (Å²) in [4.78, 5) is 0. The van der Waals surface area contributed by atoms with Gasteiger partial charge in [-0.2, -0.15) is 17.6 Å². The van der Waals surface area contributed by atoms with Crippen molar-refractivity contribution in [2.75, 3.05) is 0 Å². The third kappa shape index (κ3) is 14.7. The number of alkyl halides is 4. The van der Waals surface area contributed by atoms with Crippen molar-refractivity contribution in [3.63, 3.8) is 0 Å². The average molecular weight is 1220 g/mol. The third-order valence-corrected chi connectivity index (χ3v) is 13.4. The smallest absolute Gasteiger partial charge is 0.429 e. The lowest BCUT2D eigenvalue weighted by Gasteiger charge is -2.20. The van der Waals surface area contributed by atoms with Crippen LogP contribution in [-0.4, -0.2) is 0 Å². The van der Waals surface area contributed by atoms with Gasteiger partial charge in [-0.1, -0.05) is 93.4 Å². The second-order valence-corrected chi connectivity index (χ2v) is 19.6. The Labute approximate surface area is 472 Å². The van der Waals surface area contributed by atoms with Crippen LogP contribution in [0.5, 0.6) is 11.5 Å². The molecule has 83 heavy (non-hydrogen) atoms. The van der Waals surface area contributed by atoms with E-state index in [1.54, 1.807) is 12.1 Å². The molecule has 0 saturated carbocycles. The van der Waals surface area contributed by atoms with E-state index in [1.165, 1.54) is 30.3 Å². The van der Waals surface area contributed by atoms with E-state index in [0.29, 0.717) is 37.1 Å². The van der Waals surface area contributed by atoms with Crippen molar-refractivity contribution < 1.29 is 88.5 Å². The molecule has 0 spiro atoms. The molecule has 0 heterocycles. The number of halogens is 20. The minimum atomic E-state index is -4.82. The van der Waals surface area contributed by atoms with Gasteiger partial charge in [0, 0.05) is 46.5 Å². The molecule has 438 valence electrons. The van der Waals surface area contributed by atoms with E-state index in [0.717, 1.165) is 74.3 Å². The summed E-state index contributed by atoms with van der Waals surface area (Å²) in [6, 6.07) is 14.8. The summed E-state index contributed by atoms with van der Waals surface area (Å²) in [5.41, 5.74) is -4.53. The van der Waals surface area contributed by atoms with Gasteiger partial charge in [0.1, 0.15) is 69.2 Å². The van der Waals surface area contributed by atoms with Crippen LogP contribution in [0, 0.1) is 81.4 Å². The van der Waals surface area contributed by atoms with Gasteiger partial charge in [-0.05, 0) is 120 Å². The molecule has 0 bridgehead atoms. The molecule has 0 aliphatic carbocycles. The summed E-state index contributed by atoms with van der Waals surface area (Å²) in [6.07, 6.45) is -1.46. The van der Waals surface area contributed by atoms with Crippen LogP contribution in [0.25, 0.3) is 44.5 Å². The predicted octanol–water partition coefficient (Wildman–Crippen LogP) is 21.4. The fourth-order valence-corrected chi connectivity index (χ4v) is 9.45. The maximum atomic E-state index is 15.2. The van der Waals surface area contributed by atoms with Gasteiger partial charge in [-0.25, -0.2) is 61.5 Å². The maximum absolute atomic E-state index is 15.2. The lowest BCUT2D eigenvalue weighted by atomic mass is 9.96. The van der Waals surface area contributed by atoms with Crippen molar-refractivity contribution in [1.82, 2.24) is 0 Å². The van der Waals surface area contributed by atoms with Gasteiger partial charge < -0.3 is 9.47 Å². The zero-order valence-corrected chi connectivity index (χ0v) is 44.6. The molecule has 0 aromatic heterocycles. The average Bonchev–Trinajstić information content (AvgIpc) is 3.06. The largest absolute Gasteiger partial charge is 0.432 e. The minimum Gasteiger partial charge on any atom is -0.429 e. The van der Waals surface area contributed by atoms with Crippen molar-refractivity contribution >= 4 is 23.2 Å². The highest BCUT2D eigenvalue weighted by Gasteiger charge is 2.43. The van der Waals surface area contributed by atoms with Gasteiger partial charge in [0.05, 0.1) is 10.0 Å². The van der Waals surface area contributed by atoms with Crippen molar-refractivity contribution in [3.05, 3.63) is 223 Å². The molecule has 8 rings (SSSR count). The molecule has 0 atom stereocenters. The first-order valence-corrected chi connectivity index (χ1v) is 25.9. The fraction of sp³-hybridized carbons (Fsp3) is 0.213. The van der Waals surface area contributed by atoms with Crippen molar-refractivity contribution in [3.8, 4) is 56.0 Å². The SMILES string of the molecule is CCCCCCc1ccc(-c2cc(F)c(-c3cc(F)c(C(F)(F)Oc4cc(F)c(F)c(F)c4)c(F)c3)c(Cl)c2)c(F)c1.CCCCCc1ccc(-c2cc(F)c(-c3cc(F)c(C(F)(F)Oc4cc(F)c(F)c(F)c4)c(F)c3)c(Cl)c2)c(F)c1. The topological polar surface area (TPSA) is 18.5 Å². The van der Waals surface area contributed by atoms with Crippen LogP contribution in [0.4, 0.5) is 79.0 Å². The Hall–Kier alpha value is -7.32. The van der Waals surface area contributed by atoms with Crippen LogP contribution in [0.3, 0.4) is 0 Å². The molecular weight excluding hydrogens is 1180 g/mol. The highest BCUT2D eigenvalue weighted by Crippen LogP contribution is 2.44. The second kappa shape index (κ2) is 26.5. The Balaban J connectivity index is 0.000000239. The summed E-state index contributed by atoms with van der Waals surface area (Å²) in [5.74, 6) is -25.0. The van der Waals surface area contributed by atoms with Crippen LogP contribution in [0.15, 0.2) is 109 Å². The molecule has 8 aromatic carbocycles. The molecule has 2 nitrogen and oxygen atoms in total. The van der Waals surface area contributed by atoms with E-state index in [2.05, 4.69) is 16.4 Å². The number of hydrogen-bond donors (Lipinski definition) is 0. The Morgan fingerprint density at radius 1 is 0.337 bits per heavy atom. The first kappa shape index (κ1) is 63.3. The molecule has 0 N–H and O–H groups in total. The number of ether oxygens (including phenoxy) is 2. The Kier molecular flexibility index (Phi) is 20.2. The minimum absolute atomic E-state index is 0.0229. The molecular formula is C61H42Cl2F18O2. The van der Waals surface area contributed by atoms with Crippen LogP contribution < -0.4 is 9.47 Å². The van der Waals surface area contributed by atoms with Gasteiger partial charge in [-0.15, -0.1) is 0 Å². The fourth-order valence-electron chi connectivity index (χ4n) is 8.81. The Morgan fingerprint density at radius 3 is 0.964 bits per heavy atom. The summed E-state index contributed by atoms with van der Waals surface area (Å²) in [7, 11) is 0. The van der Waals surface area contributed by atoms with Crippen molar-refractivity contribution in [2.24, 2.45) is 0 Å². The van der Waals surface area contributed by atoms with E-state index in [-0.39, 0.29) is 51.5 Å². The normalized spacial score (nSPS) is 11.7. The standard InChI is InChI=1S/C31H22ClF9O.C30H20ClF9O/c1-2-3-4-5-6-16-7-8-20(22(33)9-16)17-10-21(32)28(23(34)11-17)18-12-24(35)29(25(36)13-18)31(40,41)42-19-14-26(37)30(39)27(38)15-19;1-2-3-4-5-15-6-7-19(21(32)8-15)16-9-20(31)27(22(33)10-16)17-11-23(34)28(24(35)12-17)30(39,40)41-18-13-25(36)29(38)26(37)14-18/h7-15H,2-6H2,1H3;6-14H,2-5H2,1H3. The molecule has 0 aliphatic heterocycles. The molecule has 0 saturated heterocycles. The lowest BCUT2D eigenvalue weighted by molar-refractivity contribution is -0.190. The van der Waals surface area contributed by atoms with E-state index >= 15 is 8.78 Å². The summed E-state index contributed by atoms with van der Waals surface area (Å²) >= 11 is 12.4.